The van der Waals surface area contributed by atoms with Crippen LogP contribution in [0, 0.1) is 0 Å². The molecule has 0 bridgehead atoms. The molecule has 168 valence electrons. The molecule has 0 amide bonds. The third-order valence-corrected chi connectivity index (χ3v) is 5.96. The summed E-state index contributed by atoms with van der Waals surface area (Å²) in [5.41, 5.74) is -1.26. The van der Waals surface area contributed by atoms with Gasteiger partial charge < -0.3 is 15.3 Å². The van der Waals surface area contributed by atoms with Crippen LogP contribution in [0.25, 0.3) is 0 Å². The van der Waals surface area contributed by atoms with Crippen molar-refractivity contribution in [2.24, 2.45) is 0 Å². The summed E-state index contributed by atoms with van der Waals surface area (Å²) in [7, 11) is 0. The van der Waals surface area contributed by atoms with Gasteiger partial charge in [0.15, 0.2) is 5.69 Å². The van der Waals surface area contributed by atoms with Crippen molar-refractivity contribution in [1.29, 1.82) is 0 Å². The Bertz CT molecular complexity index is 949. The van der Waals surface area contributed by atoms with Gasteiger partial charge in [-0.1, -0.05) is 0 Å². The molecule has 2 aliphatic rings. The smallest absolute Gasteiger partial charge is 0.391 e. The molecule has 0 radical (unpaired) electrons. The van der Waals surface area contributed by atoms with Crippen LogP contribution in [-0.4, -0.2) is 50.3 Å². The summed E-state index contributed by atoms with van der Waals surface area (Å²) in [5.74, 6) is 0.925. The number of nitrogens with zero attached hydrogens (tertiary/aromatic N) is 5. The summed E-state index contributed by atoms with van der Waals surface area (Å²) < 4.78 is 39.4. The third kappa shape index (κ3) is 4.81. The number of anilines is 2. The van der Waals surface area contributed by atoms with Gasteiger partial charge in [0.2, 0.25) is 0 Å². The molecule has 3 heterocycles. The van der Waals surface area contributed by atoms with Crippen LogP contribution >= 0.6 is 0 Å². The van der Waals surface area contributed by atoms with Gasteiger partial charge in [-0.05, 0) is 56.7 Å². The highest BCUT2D eigenvalue weighted by Crippen LogP contribution is 2.30. The second kappa shape index (κ2) is 8.81. The average molecular weight is 438 g/mol. The van der Waals surface area contributed by atoms with Crippen molar-refractivity contribution in [1.82, 2.24) is 20.0 Å². The van der Waals surface area contributed by atoms with E-state index in [4.69, 9.17) is 0 Å². The molecule has 31 heavy (non-hydrogen) atoms. The summed E-state index contributed by atoms with van der Waals surface area (Å²) in [4.78, 5) is 14.4. The lowest BCUT2D eigenvalue weighted by Gasteiger charge is -2.37. The van der Waals surface area contributed by atoms with E-state index in [1.54, 1.807) is 6.07 Å². The van der Waals surface area contributed by atoms with E-state index in [1.807, 2.05) is 0 Å². The maximum atomic E-state index is 12.7. The van der Waals surface area contributed by atoms with Crippen LogP contribution < -0.4 is 15.8 Å². The molecule has 8 nitrogen and oxygen atoms in total. The number of rotatable bonds is 5. The lowest BCUT2D eigenvalue weighted by atomic mass is 10.0. The fourth-order valence-corrected chi connectivity index (χ4v) is 4.33. The Kier molecular flexibility index (Phi) is 6.12. The molecule has 11 heteroatoms. The van der Waals surface area contributed by atoms with Gasteiger partial charge in [0.05, 0.1) is 12.1 Å². The Morgan fingerprint density at radius 3 is 2.58 bits per heavy atom. The SMILES string of the molecule is O=c1ccc(N2CCCCC2CNc2ccc(C(F)(F)F)nn2)nn1C1CCCC1O. The Labute approximate surface area is 177 Å². The van der Waals surface area contributed by atoms with E-state index in [2.05, 4.69) is 25.5 Å². The lowest BCUT2D eigenvalue weighted by molar-refractivity contribution is -0.141. The first-order valence-electron chi connectivity index (χ1n) is 10.5. The zero-order valence-corrected chi connectivity index (χ0v) is 16.9. The van der Waals surface area contributed by atoms with Crippen LogP contribution in [0.3, 0.4) is 0 Å². The average Bonchev–Trinajstić information content (AvgIpc) is 3.18. The first kappa shape index (κ1) is 21.5. The molecule has 2 fully saturated rings. The molecule has 0 spiro atoms. The second-order valence-electron chi connectivity index (χ2n) is 8.07. The number of nitrogens with one attached hydrogen (secondary N) is 1. The van der Waals surface area contributed by atoms with Crippen LogP contribution in [0.2, 0.25) is 0 Å². The molecule has 1 saturated heterocycles. The fourth-order valence-electron chi connectivity index (χ4n) is 4.33. The highest BCUT2D eigenvalue weighted by atomic mass is 19.4. The zero-order chi connectivity index (χ0) is 22.0. The number of aliphatic hydroxyl groups is 1. The minimum Gasteiger partial charge on any atom is -0.391 e. The van der Waals surface area contributed by atoms with Crippen LogP contribution in [0.4, 0.5) is 24.8 Å². The van der Waals surface area contributed by atoms with Crippen LogP contribution in [0.15, 0.2) is 29.1 Å². The molecular formula is C20H25F3N6O2. The number of alkyl halides is 3. The van der Waals surface area contributed by atoms with Crippen LogP contribution in [0.1, 0.15) is 50.3 Å². The monoisotopic (exact) mass is 438 g/mol. The van der Waals surface area contributed by atoms with E-state index < -0.39 is 18.0 Å². The molecule has 2 aromatic rings. The van der Waals surface area contributed by atoms with Crippen molar-refractivity contribution < 1.29 is 18.3 Å². The van der Waals surface area contributed by atoms with E-state index in [0.717, 1.165) is 44.7 Å². The van der Waals surface area contributed by atoms with Gasteiger partial charge in [0, 0.05) is 25.2 Å². The summed E-state index contributed by atoms with van der Waals surface area (Å²) in [5, 5.41) is 24.7. The molecule has 1 aliphatic heterocycles. The number of halogens is 3. The van der Waals surface area contributed by atoms with E-state index in [-0.39, 0.29) is 23.5 Å². The number of hydrogen-bond donors (Lipinski definition) is 2. The predicted octanol–water partition coefficient (Wildman–Crippen LogP) is 2.61. The van der Waals surface area contributed by atoms with Crippen LogP contribution in [-0.2, 0) is 6.18 Å². The van der Waals surface area contributed by atoms with E-state index in [0.29, 0.717) is 18.8 Å². The van der Waals surface area contributed by atoms with Gasteiger partial charge in [-0.15, -0.1) is 10.2 Å². The van der Waals surface area contributed by atoms with Crippen molar-refractivity contribution in [2.75, 3.05) is 23.3 Å². The normalized spacial score (nSPS) is 24.4. The molecule has 0 aromatic carbocycles. The molecular weight excluding hydrogens is 413 g/mol. The van der Waals surface area contributed by atoms with Gasteiger partial charge in [-0.2, -0.15) is 18.3 Å². The highest BCUT2D eigenvalue weighted by molar-refractivity contribution is 5.41. The largest absolute Gasteiger partial charge is 0.435 e. The fraction of sp³-hybridized carbons (Fsp3) is 0.600. The minimum absolute atomic E-state index is 0.0322. The second-order valence-corrected chi connectivity index (χ2v) is 8.07. The lowest BCUT2D eigenvalue weighted by Crippen LogP contribution is -2.45. The quantitative estimate of drug-likeness (QED) is 0.741. The van der Waals surface area contributed by atoms with Gasteiger partial charge in [-0.25, -0.2) is 4.68 Å². The summed E-state index contributed by atoms with van der Waals surface area (Å²) >= 11 is 0. The van der Waals surface area contributed by atoms with Crippen molar-refractivity contribution in [2.45, 2.75) is 62.9 Å². The molecule has 2 aromatic heterocycles. The molecule has 3 unspecified atom stereocenters. The van der Waals surface area contributed by atoms with E-state index in [9.17, 15) is 23.1 Å². The maximum Gasteiger partial charge on any atom is 0.435 e. The van der Waals surface area contributed by atoms with Crippen molar-refractivity contribution >= 4 is 11.6 Å². The molecule has 1 aliphatic carbocycles. The standard InChI is InChI=1S/C20H25F3N6O2/c21-20(22,23)16-7-8-17(26-25-16)24-12-13-4-1-2-11-28(13)18-9-10-19(31)29(27-18)14-5-3-6-15(14)30/h7-10,13-15,30H,1-6,11-12H2,(H,24,26). The Hall–Kier alpha value is -2.69. The first-order valence-corrected chi connectivity index (χ1v) is 10.5. The minimum atomic E-state index is -4.52. The number of piperidine rings is 1. The topological polar surface area (TPSA) is 96.2 Å². The molecule has 1 saturated carbocycles. The molecule has 2 N–H and O–H groups in total. The predicted molar refractivity (Wildman–Crippen MR) is 108 cm³/mol. The molecule has 3 atom stereocenters. The maximum absolute atomic E-state index is 12.7. The van der Waals surface area contributed by atoms with Crippen molar-refractivity contribution in [3.63, 3.8) is 0 Å². The Morgan fingerprint density at radius 1 is 1.06 bits per heavy atom. The van der Waals surface area contributed by atoms with E-state index >= 15 is 0 Å². The summed E-state index contributed by atoms with van der Waals surface area (Å²) in [6, 6.07) is 5.06. The van der Waals surface area contributed by atoms with Gasteiger partial charge >= 0.3 is 6.18 Å². The van der Waals surface area contributed by atoms with E-state index in [1.165, 1.54) is 16.8 Å². The Morgan fingerprint density at radius 2 is 1.90 bits per heavy atom. The number of aromatic nitrogens is 4. The van der Waals surface area contributed by atoms with Crippen LogP contribution in [0.5, 0.6) is 0 Å². The van der Waals surface area contributed by atoms with Crippen molar-refractivity contribution in [3.05, 3.63) is 40.3 Å². The van der Waals surface area contributed by atoms with Gasteiger partial charge in [0.1, 0.15) is 11.6 Å². The third-order valence-electron chi connectivity index (χ3n) is 5.96. The Balaban J connectivity index is 1.48. The molecule has 4 rings (SSSR count). The number of hydrogen-bond acceptors (Lipinski definition) is 7. The number of aliphatic hydroxyl groups excluding tert-OH is 1. The summed E-state index contributed by atoms with van der Waals surface area (Å²) in [6.07, 6.45) is 0.00205. The highest BCUT2D eigenvalue weighted by Gasteiger charge is 2.33. The summed E-state index contributed by atoms with van der Waals surface area (Å²) in [6.45, 7) is 1.20. The van der Waals surface area contributed by atoms with Gasteiger partial charge in [-0.3, -0.25) is 4.79 Å². The zero-order valence-electron chi connectivity index (χ0n) is 16.9. The van der Waals surface area contributed by atoms with Gasteiger partial charge in [0.25, 0.3) is 5.56 Å². The first-order chi connectivity index (χ1) is 14.8. The van der Waals surface area contributed by atoms with Crippen molar-refractivity contribution in [3.8, 4) is 0 Å².